The number of nitrogens with zero attached hydrogens (tertiary/aromatic N) is 1. The molecule has 2 rings (SSSR count). The van der Waals surface area contributed by atoms with Gasteiger partial charge in [-0.1, -0.05) is 44.5 Å². The lowest BCUT2D eigenvalue weighted by molar-refractivity contribution is 0.0954. The summed E-state index contributed by atoms with van der Waals surface area (Å²) >= 11 is 6.03. The zero-order valence-corrected chi connectivity index (χ0v) is 13.7. The van der Waals surface area contributed by atoms with Gasteiger partial charge in [-0.25, -0.2) is 5.43 Å². The predicted molar refractivity (Wildman–Crippen MR) is 87.7 cm³/mol. The van der Waals surface area contributed by atoms with Crippen molar-refractivity contribution in [2.45, 2.75) is 40.0 Å². The number of carbonyl (C=O) groups is 1. The maximum Gasteiger partial charge on any atom is 0.272 e. The number of carbonyl (C=O) groups excluding carboxylic acids is 1. The van der Waals surface area contributed by atoms with Crippen LogP contribution in [-0.2, 0) is 0 Å². The van der Waals surface area contributed by atoms with Crippen molar-refractivity contribution in [1.29, 1.82) is 0 Å². The van der Waals surface area contributed by atoms with Crippen LogP contribution in [0.15, 0.2) is 29.4 Å². The first kappa shape index (κ1) is 16.0. The second-order valence-electron chi connectivity index (χ2n) is 6.26. The van der Waals surface area contributed by atoms with Crippen molar-refractivity contribution in [2.24, 2.45) is 22.9 Å². The predicted octanol–water partition coefficient (Wildman–Crippen LogP) is 4.52. The van der Waals surface area contributed by atoms with Gasteiger partial charge >= 0.3 is 0 Å². The summed E-state index contributed by atoms with van der Waals surface area (Å²) in [7, 11) is 0. The van der Waals surface area contributed by atoms with Gasteiger partial charge in [0.15, 0.2) is 0 Å². The van der Waals surface area contributed by atoms with Gasteiger partial charge in [0.25, 0.3) is 5.91 Å². The van der Waals surface area contributed by atoms with Gasteiger partial charge in [-0.15, -0.1) is 0 Å². The first-order chi connectivity index (χ1) is 9.99. The summed E-state index contributed by atoms with van der Waals surface area (Å²) in [5.41, 5.74) is 4.26. The summed E-state index contributed by atoms with van der Waals surface area (Å²) in [6, 6.07) is 7.03. The fourth-order valence-electron chi connectivity index (χ4n) is 2.92. The molecule has 1 aromatic rings. The highest BCUT2D eigenvalue weighted by Gasteiger charge is 2.27. The maximum absolute atomic E-state index is 12.2. The molecule has 0 aliphatic heterocycles. The molecule has 1 fully saturated rings. The summed E-state index contributed by atoms with van der Waals surface area (Å²) in [6.45, 7) is 6.67. The van der Waals surface area contributed by atoms with E-state index in [2.05, 4.69) is 31.3 Å². The molecule has 0 saturated heterocycles. The van der Waals surface area contributed by atoms with Crippen LogP contribution in [0.4, 0.5) is 0 Å². The summed E-state index contributed by atoms with van der Waals surface area (Å²) in [4.78, 5) is 12.2. The smallest absolute Gasteiger partial charge is 0.267 e. The average Bonchev–Trinajstić information content (AvgIpc) is 2.45. The molecule has 1 aliphatic rings. The normalized spacial score (nSPS) is 24.3. The van der Waals surface area contributed by atoms with Crippen LogP contribution < -0.4 is 5.43 Å². The summed E-state index contributed by atoms with van der Waals surface area (Å²) < 4.78 is 0. The molecule has 0 unspecified atom stereocenters. The summed E-state index contributed by atoms with van der Waals surface area (Å²) in [6.07, 6.45) is 3.35. The van der Waals surface area contributed by atoms with Crippen LogP contribution in [0.3, 0.4) is 0 Å². The van der Waals surface area contributed by atoms with Crippen molar-refractivity contribution in [1.82, 2.24) is 5.43 Å². The van der Waals surface area contributed by atoms with Crippen LogP contribution in [0.5, 0.6) is 0 Å². The molecule has 1 aromatic carbocycles. The van der Waals surface area contributed by atoms with E-state index in [4.69, 9.17) is 11.6 Å². The number of amides is 1. The van der Waals surface area contributed by atoms with E-state index in [9.17, 15) is 4.79 Å². The summed E-state index contributed by atoms with van der Waals surface area (Å²) in [5.74, 6) is 1.41. The fraction of sp³-hybridized carbons (Fsp3) is 0.529. The number of benzene rings is 1. The first-order valence-corrected chi connectivity index (χ1v) is 7.98. The summed E-state index contributed by atoms with van der Waals surface area (Å²) in [5, 5.41) is 4.86. The minimum Gasteiger partial charge on any atom is -0.267 e. The van der Waals surface area contributed by atoms with Gasteiger partial charge in [-0.2, -0.15) is 5.10 Å². The largest absolute Gasteiger partial charge is 0.272 e. The Morgan fingerprint density at radius 2 is 2.05 bits per heavy atom. The van der Waals surface area contributed by atoms with E-state index in [0.717, 1.165) is 18.6 Å². The highest BCUT2D eigenvalue weighted by atomic mass is 35.5. The molecule has 4 heteroatoms. The van der Waals surface area contributed by atoms with Gasteiger partial charge < -0.3 is 0 Å². The third-order valence-electron chi connectivity index (χ3n) is 4.18. The van der Waals surface area contributed by atoms with Crippen LogP contribution >= 0.6 is 11.6 Å². The van der Waals surface area contributed by atoms with Gasteiger partial charge in [0.1, 0.15) is 0 Å². The topological polar surface area (TPSA) is 41.5 Å². The number of rotatable bonds is 3. The molecule has 114 valence electrons. The molecule has 2 atom stereocenters. The molecular formula is C17H23ClN2O. The molecule has 21 heavy (non-hydrogen) atoms. The van der Waals surface area contributed by atoms with E-state index in [1.807, 2.05) is 6.07 Å². The molecule has 3 nitrogen and oxygen atoms in total. The molecule has 1 N–H and O–H groups in total. The zero-order chi connectivity index (χ0) is 15.4. The van der Waals surface area contributed by atoms with Crippen molar-refractivity contribution in [3.05, 3.63) is 34.9 Å². The fourth-order valence-corrected chi connectivity index (χ4v) is 3.14. The number of hydrogen-bond acceptors (Lipinski definition) is 2. The molecule has 0 bridgehead atoms. The van der Waals surface area contributed by atoms with Gasteiger partial charge in [-0.05, 0) is 43.2 Å². The maximum atomic E-state index is 12.2. The van der Waals surface area contributed by atoms with Crippen LogP contribution in [-0.4, -0.2) is 11.6 Å². The molecule has 1 saturated carbocycles. The molecule has 0 aromatic heterocycles. The minimum absolute atomic E-state index is 0.242. The van der Waals surface area contributed by atoms with Gasteiger partial charge in [0.05, 0.1) is 10.6 Å². The van der Waals surface area contributed by atoms with Crippen molar-refractivity contribution < 1.29 is 4.79 Å². The number of hydrogen-bond donors (Lipinski definition) is 1. The van der Waals surface area contributed by atoms with Gasteiger partial charge in [0, 0.05) is 11.6 Å². The molecule has 0 heterocycles. The number of nitrogens with one attached hydrogen (secondary N) is 1. The second-order valence-corrected chi connectivity index (χ2v) is 6.67. The molecule has 1 amide bonds. The third kappa shape index (κ3) is 4.07. The lowest BCUT2D eigenvalue weighted by Gasteiger charge is -2.30. The Labute approximate surface area is 131 Å². The Kier molecular flexibility index (Phi) is 5.40. The SMILES string of the molecule is CC(C)[C@@H]1CC[C@@H](C)C/C1=N/NC(=O)c1ccccc1Cl. The Hall–Kier alpha value is -1.35. The third-order valence-corrected chi connectivity index (χ3v) is 4.51. The highest BCUT2D eigenvalue weighted by molar-refractivity contribution is 6.33. The van der Waals surface area contributed by atoms with E-state index in [0.29, 0.717) is 28.3 Å². The first-order valence-electron chi connectivity index (χ1n) is 7.60. The minimum atomic E-state index is -0.242. The molecule has 1 aliphatic carbocycles. The monoisotopic (exact) mass is 306 g/mol. The Balaban J connectivity index is 2.11. The second kappa shape index (κ2) is 7.08. The van der Waals surface area contributed by atoms with E-state index >= 15 is 0 Å². The Bertz CT molecular complexity index is 539. The lowest BCUT2D eigenvalue weighted by Crippen LogP contribution is -2.31. The lowest BCUT2D eigenvalue weighted by atomic mass is 9.76. The molecule has 0 spiro atoms. The average molecular weight is 307 g/mol. The van der Waals surface area contributed by atoms with Gasteiger partial charge in [0.2, 0.25) is 0 Å². The zero-order valence-electron chi connectivity index (χ0n) is 12.9. The highest BCUT2D eigenvalue weighted by Crippen LogP contribution is 2.31. The van der Waals surface area contributed by atoms with E-state index < -0.39 is 0 Å². The van der Waals surface area contributed by atoms with Gasteiger partial charge in [-0.3, -0.25) is 4.79 Å². The van der Waals surface area contributed by atoms with E-state index in [-0.39, 0.29) is 5.91 Å². The number of halogens is 1. The number of hydrazone groups is 1. The van der Waals surface area contributed by atoms with E-state index in [1.54, 1.807) is 18.2 Å². The Morgan fingerprint density at radius 3 is 2.71 bits per heavy atom. The molecular weight excluding hydrogens is 284 g/mol. The van der Waals surface area contributed by atoms with Crippen molar-refractivity contribution in [3.8, 4) is 0 Å². The standard InChI is InChI=1S/C17H23ClN2O/c1-11(2)13-9-8-12(3)10-16(13)19-20-17(21)14-6-4-5-7-15(14)18/h4-7,11-13H,8-10H2,1-3H3,(H,20,21)/b19-16-/t12-,13+/m1/s1. The van der Waals surface area contributed by atoms with Crippen LogP contribution in [0.2, 0.25) is 5.02 Å². The van der Waals surface area contributed by atoms with E-state index in [1.165, 1.54) is 6.42 Å². The van der Waals surface area contributed by atoms with Crippen LogP contribution in [0.1, 0.15) is 50.4 Å². The van der Waals surface area contributed by atoms with Crippen molar-refractivity contribution in [3.63, 3.8) is 0 Å². The van der Waals surface area contributed by atoms with Crippen molar-refractivity contribution in [2.75, 3.05) is 0 Å². The Morgan fingerprint density at radius 1 is 1.33 bits per heavy atom. The van der Waals surface area contributed by atoms with Crippen LogP contribution in [0.25, 0.3) is 0 Å². The van der Waals surface area contributed by atoms with Crippen molar-refractivity contribution >= 4 is 23.2 Å². The van der Waals surface area contributed by atoms with Crippen LogP contribution in [0, 0.1) is 17.8 Å². The molecule has 0 radical (unpaired) electrons. The quantitative estimate of drug-likeness (QED) is 0.820.